The van der Waals surface area contributed by atoms with Crippen LogP contribution < -0.4 is 14.8 Å². The van der Waals surface area contributed by atoms with Crippen molar-refractivity contribution in [1.29, 1.82) is 0 Å². The second kappa shape index (κ2) is 4.22. The minimum Gasteiger partial charge on any atom is -0.496 e. The number of nitrogens with one attached hydrogen (secondary N) is 1. The third-order valence-electron chi connectivity index (χ3n) is 3.66. The zero-order valence-corrected chi connectivity index (χ0v) is 11.3. The van der Waals surface area contributed by atoms with Crippen LogP contribution in [0.5, 0.6) is 11.5 Å². The lowest BCUT2D eigenvalue weighted by atomic mass is 9.73. The van der Waals surface area contributed by atoms with Gasteiger partial charge in [0, 0.05) is 23.7 Å². The Morgan fingerprint density at radius 1 is 1.24 bits per heavy atom. The largest absolute Gasteiger partial charge is 0.496 e. The molecular formula is C14H21NO2. The van der Waals surface area contributed by atoms with Crippen LogP contribution >= 0.6 is 0 Å². The van der Waals surface area contributed by atoms with Gasteiger partial charge in [-0.1, -0.05) is 19.9 Å². The highest BCUT2D eigenvalue weighted by molar-refractivity contribution is 5.51. The summed E-state index contributed by atoms with van der Waals surface area (Å²) >= 11 is 0. The van der Waals surface area contributed by atoms with Crippen LogP contribution in [0.3, 0.4) is 0 Å². The fourth-order valence-electron chi connectivity index (χ4n) is 2.56. The number of hydrogen-bond donors (Lipinski definition) is 1. The van der Waals surface area contributed by atoms with Gasteiger partial charge in [0.05, 0.1) is 14.2 Å². The molecule has 0 amide bonds. The average Bonchev–Trinajstić information content (AvgIpc) is 2.28. The lowest BCUT2D eigenvalue weighted by Gasteiger charge is -2.46. The van der Waals surface area contributed by atoms with E-state index in [-0.39, 0.29) is 5.41 Å². The van der Waals surface area contributed by atoms with Gasteiger partial charge in [-0.3, -0.25) is 0 Å². The Bertz CT molecular complexity index is 426. The van der Waals surface area contributed by atoms with Crippen molar-refractivity contribution < 1.29 is 9.47 Å². The summed E-state index contributed by atoms with van der Waals surface area (Å²) in [6.07, 6.45) is 0. The van der Waals surface area contributed by atoms with Gasteiger partial charge in [-0.15, -0.1) is 0 Å². The number of benzene rings is 1. The Labute approximate surface area is 103 Å². The molecular weight excluding hydrogens is 214 g/mol. The molecule has 94 valence electrons. The monoisotopic (exact) mass is 235 g/mol. The molecule has 2 rings (SSSR count). The lowest BCUT2D eigenvalue weighted by molar-refractivity contribution is 0.125. The third-order valence-corrected chi connectivity index (χ3v) is 3.66. The first kappa shape index (κ1) is 12.2. The van der Waals surface area contributed by atoms with Crippen molar-refractivity contribution in [1.82, 2.24) is 5.32 Å². The van der Waals surface area contributed by atoms with Gasteiger partial charge in [0.2, 0.25) is 0 Å². The molecule has 1 fully saturated rings. The van der Waals surface area contributed by atoms with Crippen LogP contribution in [0.4, 0.5) is 0 Å². The van der Waals surface area contributed by atoms with Crippen LogP contribution in [0.15, 0.2) is 12.1 Å². The predicted octanol–water partition coefficient (Wildman–Crippen LogP) is 2.68. The Morgan fingerprint density at radius 3 is 2.35 bits per heavy atom. The maximum atomic E-state index is 5.55. The van der Waals surface area contributed by atoms with Crippen LogP contribution in [-0.4, -0.2) is 20.8 Å². The molecule has 0 aromatic heterocycles. The highest BCUT2D eigenvalue weighted by atomic mass is 16.5. The second-order valence-electron chi connectivity index (χ2n) is 5.32. The molecule has 1 aliphatic rings. The predicted molar refractivity (Wildman–Crippen MR) is 68.8 cm³/mol. The van der Waals surface area contributed by atoms with Crippen molar-refractivity contribution in [2.24, 2.45) is 5.41 Å². The van der Waals surface area contributed by atoms with Crippen LogP contribution in [0, 0.1) is 12.3 Å². The summed E-state index contributed by atoms with van der Waals surface area (Å²) in [6, 6.07) is 4.48. The van der Waals surface area contributed by atoms with Gasteiger partial charge in [0.15, 0.2) is 0 Å². The molecule has 0 bridgehead atoms. The topological polar surface area (TPSA) is 30.5 Å². The fraction of sp³-hybridized carbons (Fsp3) is 0.571. The first-order valence-electron chi connectivity index (χ1n) is 5.96. The summed E-state index contributed by atoms with van der Waals surface area (Å²) in [6.45, 7) is 7.62. The van der Waals surface area contributed by atoms with Crippen molar-refractivity contribution in [2.45, 2.75) is 26.8 Å². The lowest BCUT2D eigenvalue weighted by Crippen LogP contribution is -2.52. The molecule has 1 unspecified atom stereocenters. The first-order chi connectivity index (χ1) is 8.01. The van der Waals surface area contributed by atoms with E-state index in [1.54, 1.807) is 14.2 Å². The summed E-state index contributed by atoms with van der Waals surface area (Å²) in [5.41, 5.74) is 2.58. The van der Waals surface area contributed by atoms with Crippen molar-refractivity contribution in [3.05, 3.63) is 23.3 Å². The van der Waals surface area contributed by atoms with E-state index >= 15 is 0 Å². The van der Waals surface area contributed by atoms with Crippen molar-refractivity contribution in [2.75, 3.05) is 20.8 Å². The van der Waals surface area contributed by atoms with Gasteiger partial charge >= 0.3 is 0 Å². The zero-order valence-electron chi connectivity index (χ0n) is 11.3. The fourth-order valence-corrected chi connectivity index (χ4v) is 2.56. The summed E-state index contributed by atoms with van der Waals surface area (Å²) in [4.78, 5) is 0. The summed E-state index contributed by atoms with van der Waals surface area (Å²) < 4.78 is 10.9. The van der Waals surface area contributed by atoms with Gasteiger partial charge < -0.3 is 14.8 Å². The Morgan fingerprint density at radius 2 is 1.94 bits per heavy atom. The molecule has 1 aromatic carbocycles. The Balaban J connectivity index is 2.45. The van der Waals surface area contributed by atoms with Crippen molar-refractivity contribution >= 4 is 0 Å². The SMILES string of the molecule is COc1ccc(C2NCC2(C)C)c(OC)c1C. The van der Waals surface area contributed by atoms with E-state index in [4.69, 9.17) is 9.47 Å². The molecule has 0 saturated carbocycles. The van der Waals surface area contributed by atoms with Crippen LogP contribution in [-0.2, 0) is 0 Å². The van der Waals surface area contributed by atoms with E-state index in [1.165, 1.54) is 5.56 Å². The normalized spacial score (nSPS) is 21.8. The second-order valence-corrected chi connectivity index (χ2v) is 5.32. The standard InChI is InChI=1S/C14H21NO2/c1-9-11(16-4)7-6-10(12(9)17-5)13-14(2,3)8-15-13/h6-7,13,15H,8H2,1-5H3. The van der Waals surface area contributed by atoms with Crippen LogP contribution in [0.2, 0.25) is 0 Å². The van der Waals surface area contributed by atoms with E-state index in [1.807, 2.05) is 13.0 Å². The minimum absolute atomic E-state index is 0.286. The van der Waals surface area contributed by atoms with E-state index in [0.717, 1.165) is 23.6 Å². The molecule has 0 aliphatic carbocycles. The van der Waals surface area contributed by atoms with E-state index in [2.05, 4.69) is 25.2 Å². The van der Waals surface area contributed by atoms with Gasteiger partial charge in [0.1, 0.15) is 11.5 Å². The van der Waals surface area contributed by atoms with Crippen LogP contribution in [0.25, 0.3) is 0 Å². The number of ether oxygens (including phenoxy) is 2. The third kappa shape index (κ3) is 1.89. The smallest absolute Gasteiger partial charge is 0.130 e. The maximum absolute atomic E-state index is 5.55. The quantitative estimate of drug-likeness (QED) is 0.873. The van der Waals surface area contributed by atoms with Gasteiger partial charge in [-0.2, -0.15) is 0 Å². The Hall–Kier alpha value is -1.22. The molecule has 1 saturated heterocycles. The summed E-state index contributed by atoms with van der Waals surface area (Å²) in [5, 5.41) is 3.47. The molecule has 17 heavy (non-hydrogen) atoms. The molecule has 0 spiro atoms. The van der Waals surface area contributed by atoms with Crippen LogP contribution in [0.1, 0.15) is 31.0 Å². The molecule has 1 aromatic rings. The molecule has 3 heteroatoms. The average molecular weight is 235 g/mol. The highest BCUT2D eigenvalue weighted by Crippen LogP contribution is 2.45. The number of rotatable bonds is 3. The maximum Gasteiger partial charge on any atom is 0.130 e. The van der Waals surface area contributed by atoms with E-state index in [9.17, 15) is 0 Å². The first-order valence-corrected chi connectivity index (χ1v) is 5.96. The number of methoxy groups -OCH3 is 2. The zero-order chi connectivity index (χ0) is 12.6. The molecule has 1 atom stereocenters. The molecule has 1 aliphatic heterocycles. The van der Waals surface area contributed by atoms with E-state index in [0.29, 0.717) is 6.04 Å². The highest BCUT2D eigenvalue weighted by Gasteiger charge is 2.40. The van der Waals surface area contributed by atoms with Gasteiger partial charge in [-0.05, 0) is 18.4 Å². The number of hydrogen-bond acceptors (Lipinski definition) is 3. The van der Waals surface area contributed by atoms with Gasteiger partial charge in [0.25, 0.3) is 0 Å². The molecule has 1 heterocycles. The van der Waals surface area contributed by atoms with Gasteiger partial charge in [-0.25, -0.2) is 0 Å². The molecule has 0 radical (unpaired) electrons. The summed E-state index contributed by atoms with van der Waals surface area (Å²) in [5.74, 6) is 1.82. The summed E-state index contributed by atoms with van der Waals surface area (Å²) in [7, 11) is 3.41. The van der Waals surface area contributed by atoms with Crippen molar-refractivity contribution in [3.8, 4) is 11.5 Å². The minimum atomic E-state index is 0.286. The molecule has 3 nitrogen and oxygen atoms in total. The molecule has 1 N–H and O–H groups in total. The van der Waals surface area contributed by atoms with E-state index < -0.39 is 0 Å². The van der Waals surface area contributed by atoms with Crippen molar-refractivity contribution in [3.63, 3.8) is 0 Å². The Kier molecular flexibility index (Phi) is 3.04.